The van der Waals surface area contributed by atoms with Crippen LogP contribution in [0.3, 0.4) is 0 Å². The Labute approximate surface area is 111 Å². The maximum Gasteiger partial charge on any atom is 0.347 e. The van der Waals surface area contributed by atoms with Crippen LogP contribution in [0.4, 0.5) is 0 Å². The van der Waals surface area contributed by atoms with E-state index in [4.69, 9.17) is 9.47 Å². The molecule has 1 aliphatic heterocycles. The Morgan fingerprint density at radius 3 is 2.58 bits per heavy atom. The molecule has 0 amide bonds. The molecule has 0 aromatic heterocycles. The number of esters is 3. The van der Waals surface area contributed by atoms with Crippen LogP contribution in [-0.2, 0) is 28.6 Å². The van der Waals surface area contributed by atoms with Gasteiger partial charge in [0.2, 0.25) is 6.10 Å². The molecule has 2 atom stereocenters. The number of carbonyl (C=O) groups excluding carboxylic acids is 3. The third-order valence-corrected chi connectivity index (χ3v) is 2.66. The summed E-state index contributed by atoms with van der Waals surface area (Å²) in [6, 6.07) is 0. The van der Waals surface area contributed by atoms with E-state index in [1.807, 2.05) is 13.8 Å². The third-order valence-electron chi connectivity index (χ3n) is 2.66. The van der Waals surface area contributed by atoms with Crippen LogP contribution in [0, 0.1) is 5.92 Å². The molecular formula is C13H18O6. The maximum atomic E-state index is 11.4. The monoisotopic (exact) mass is 270 g/mol. The Balaban J connectivity index is 2.39. The fourth-order valence-corrected chi connectivity index (χ4v) is 1.53. The smallest absolute Gasteiger partial charge is 0.347 e. The van der Waals surface area contributed by atoms with E-state index in [-0.39, 0.29) is 17.6 Å². The van der Waals surface area contributed by atoms with Crippen LogP contribution in [0.1, 0.15) is 27.2 Å². The van der Waals surface area contributed by atoms with Gasteiger partial charge >= 0.3 is 17.9 Å². The normalized spacial score (nSPS) is 22.0. The molecule has 0 saturated carbocycles. The average molecular weight is 270 g/mol. The Kier molecular flexibility index (Phi) is 5.09. The van der Waals surface area contributed by atoms with Gasteiger partial charge in [-0.05, 0) is 12.8 Å². The molecule has 19 heavy (non-hydrogen) atoms. The Morgan fingerprint density at radius 2 is 2.11 bits per heavy atom. The van der Waals surface area contributed by atoms with Crippen LogP contribution in [0.2, 0.25) is 0 Å². The fraction of sp³-hybridized carbons (Fsp3) is 0.615. The first-order chi connectivity index (χ1) is 8.81. The maximum absolute atomic E-state index is 11.4. The van der Waals surface area contributed by atoms with Gasteiger partial charge in [-0.2, -0.15) is 0 Å². The highest BCUT2D eigenvalue weighted by Crippen LogP contribution is 2.23. The molecule has 0 N–H and O–H groups in total. The van der Waals surface area contributed by atoms with E-state index >= 15 is 0 Å². The first-order valence-electron chi connectivity index (χ1n) is 6.04. The van der Waals surface area contributed by atoms with Gasteiger partial charge in [0, 0.05) is 12.0 Å². The lowest BCUT2D eigenvalue weighted by atomic mass is 10.0. The molecular weight excluding hydrogens is 252 g/mol. The van der Waals surface area contributed by atoms with Gasteiger partial charge in [0.05, 0.1) is 0 Å². The Morgan fingerprint density at radius 1 is 1.47 bits per heavy atom. The highest BCUT2D eigenvalue weighted by molar-refractivity contribution is 5.89. The molecule has 1 fully saturated rings. The lowest BCUT2D eigenvalue weighted by Gasteiger charge is -2.11. The highest BCUT2D eigenvalue weighted by atomic mass is 16.6. The van der Waals surface area contributed by atoms with E-state index in [2.05, 4.69) is 11.3 Å². The summed E-state index contributed by atoms with van der Waals surface area (Å²) in [6.07, 6.45) is -0.830. The van der Waals surface area contributed by atoms with Crippen LogP contribution in [0.25, 0.3) is 0 Å². The molecule has 0 aromatic rings. The number of ether oxygens (including phenoxy) is 3. The van der Waals surface area contributed by atoms with Crippen molar-refractivity contribution in [2.45, 2.75) is 39.4 Å². The minimum absolute atomic E-state index is 0.161. The zero-order valence-corrected chi connectivity index (χ0v) is 11.3. The predicted molar refractivity (Wildman–Crippen MR) is 65.0 cm³/mol. The van der Waals surface area contributed by atoms with Crippen molar-refractivity contribution in [3.63, 3.8) is 0 Å². The van der Waals surface area contributed by atoms with Crippen molar-refractivity contribution in [1.29, 1.82) is 0 Å². The van der Waals surface area contributed by atoms with E-state index in [1.165, 1.54) is 6.92 Å². The number of carbonyl (C=O) groups is 3. The largest absolute Gasteiger partial charge is 0.459 e. The summed E-state index contributed by atoms with van der Waals surface area (Å²) in [6.45, 7) is 8.13. The second-order valence-electron chi connectivity index (χ2n) is 4.79. The van der Waals surface area contributed by atoms with Gasteiger partial charge < -0.3 is 14.2 Å². The van der Waals surface area contributed by atoms with Gasteiger partial charge in [0.1, 0.15) is 6.10 Å². The number of rotatable bonds is 5. The zero-order valence-electron chi connectivity index (χ0n) is 11.3. The van der Waals surface area contributed by atoms with Gasteiger partial charge in [0.15, 0.2) is 6.61 Å². The van der Waals surface area contributed by atoms with Crippen LogP contribution < -0.4 is 0 Å². The first-order valence-corrected chi connectivity index (χ1v) is 6.04. The summed E-state index contributed by atoms with van der Waals surface area (Å²) < 4.78 is 14.6. The van der Waals surface area contributed by atoms with Gasteiger partial charge in [-0.25, -0.2) is 14.4 Å². The van der Waals surface area contributed by atoms with Crippen LogP contribution in [0.5, 0.6) is 0 Å². The molecule has 1 saturated heterocycles. The van der Waals surface area contributed by atoms with Crippen LogP contribution in [0.15, 0.2) is 12.2 Å². The molecule has 6 heteroatoms. The molecule has 6 nitrogen and oxygen atoms in total. The molecule has 0 aromatic carbocycles. The van der Waals surface area contributed by atoms with Crippen molar-refractivity contribution in [2.24, 2.45) is 5.92 Å². The summed E-state index contributed by atoms with van der Waals surface area (Å²) in [4.78, 5) is 33.9. The predicted octanol–water partition coefficient (Wildman–Crippen LogP) is 0.989. The van der Waals surface area contributed by atoms with E-state index in [0.717, 1.165) is 0 Å². The molecule has 0 radical (unpaired) electrons. The van der Waals surface area contributed by atoms with Crippen molar-refractivity contribution in [2.75, 3.05) is 6.61 Å². The van der Waals surface area contributed by atoms with E-state index in [1.54, 1.807) is 0 Å². The quantitative estimate of drug-likeness (QED) is 0.421. The lowest BCUT2D eigenvalue weighted by Crippen LogP contribution is -2.26. The number of cyclic esters (lactones) is 1. The zero-order chi connectivity index (χ0) is 14.6. The van der Waals surface area contributed by atoms with Crippen molar-refractivity contribution in [1.82, 2.24) is 0 Å². The molecule has 1 heterocycles. The fourth-order valence-electron chi connectivity index (χ4n) is 1.53. The summed E-state index contributed by atoms with van der Waals surface area (Å²) in [5.74, 6) is -1.85. The van der Waals surface area contributed by atoms with Crippen molar-refractivity contribution < 1.29 is 28.6 Å². The van der Waals surface area contributed by atoms with Crippen LogP contribution >= 0.6 is 0 Å². The minimum Gasteiger partial charge on any atom is -0.459 e. The molecule has 1 rings (SSSR count). The standard InChI is InChI=1S/C13H18O6/c1-7(2)9-5-10(13(16)19-9)18-11(14)6-17-12(15)8(3)4/h7,9-10H,3,5-6H2,1-2,4H3. The molecule has 0 bridgehead atoms. The van der Waals surface area contributed by atoms with Crippen molar-refractivity contribution in [3.8, 4) is 0 Å². The Bertz CT molecular complexity index is 398. The van der Waals surface area contributed by atoms with Gasteiger partial charge in [-0.15, -0.1) is 0 Å². The summed E-state index contributed by atoms with van der Waals surface area (Å²) in [7, 11) is 0. The summed E-state index contributed by atoms with van der Waals surface area (Å²) >= 11 is 0. The molecule has 0 spiro atoms. The second kappa shape index (κ2) is 6.36. The Hall–Kier alpha value is -1.85. The van der Waals surface area contributed by atoms with E-state index in [0.29, 0.717) is 6.42 Å². The highest BCUT2D eigenvalue weighted by Gasteiger charge is 2.38. The average Bonchev–Trinajstić information content (AvgIpc) is 2.68. The topological polar surface area (TPSA) is 78.9 Å². The van der Waals surface area contributed by atoms with Crippen molar-refractivity contribution >= 4 is 17.9 Å². The van der Waals surface area contributed by atoms with Crippen molar-refractivity contribution in [3.05, 3.63) is 12.2 Å². The summed E-state index contributed by atoms with van der Waals surface area (Å²) in [5, 5.41) is 0. The van der Waals surface area contributed by atoms with Gasteiger partial charge in [0.25, 0.3) is 0 Å². The third kappa shape index (κ3) is 4.39. The van der Waals surface area contributed by atoms with E-state index in [9.17, 15) is 14.4 Å². The lowest BCUT2D eigenvalue weighted by molar-refractivity contribution is -0.166. The number of hydrogen-bond donors (Lipinski definition) is 0. The molecule has 106 valence electrons. The number of hydrogen-bond acceptors (Lipinski definition) is 6. The van der Waals surface area contributed by atoms with E-state index < -0.39 is 30.6 Å². The van der Waals surface area contributed by atoms with Gasteiger partial charge in [-0.3, -0.25) is 0 Å². The molecule has 1 aliphatic rings. The minimum atomic E-state index is -0.913. The van der Waals surface area contributed by atoms with Crippen LogP contribution in [-0.4, -0.2) is 36.7 Å². The molecule has 0 aliphatic carbocycles. The van der Waals surface area contributed by atoms with Gasteiger partial charge in [-0.1, -0.05) is 20.4 Å². The first kappa shape index (κ1) is 15.2. The molecule has 2 unspecified atom stereocenters. The second-order valence-corrected chi connectivity index (χ2v) is 4.79. The summed E-state index contributed by atoms with van der Waals surface area (Å²) in [5.41, 5.74) is 0.188. The SMILES string of the molecule is C=C(C)C(=O)OCC(=O)OC1CC(C(C)C)OC1=O.